The predicted octanol–water partition coefficient (Wildman–Crippen LogP) is 1.59. The Bertz CT molecular complexity index is 922. The maximum Gasteiger partial charge on any atom is 0.410 e. The lowest BCUT2D eigenvalue weighted by Gasteiger charge is -2.33. The molecule has 1 aromatic carbocycles. The van der Waals surface area contributed by atoms with Crippen LogP contribution in [-0.4, -0.2) is 52.6 Å². The summed E-state index contributed by atoms with van der Waals surface area (Å²) in [6, 6.07) is 6.46. The third kappa shape index (κ3) is 5.31. The van der Waals surface area contributed by atoms with Crippen LogP contribution in [-0.2, 0) is 20.7 Å². The van der Waals surface area contributed by atoms with Crippen LogP contribution in [0.1, 0.15) is 39.2 Å². The van der Waals surface area contributed by atoms with Gasteiger partial charge in [-0.15, -0.1) is 0 Å². The highest BCUT2D eigenvalue weighted by atomic mass is 16.6. The zero-order valence-corrected chi connectivity index (χ0v) is 17.6. The van der Waals surface area contributed by atoms with Crippen molar-refractivity contribution < 1.29 is 24.2 Å². The molecule has 1 atom stereocenters. The van der Waals surface area contributed by atoms with Crippen molar-refractivity contribution in [1.82, 2.24) is 15.2 Å². The van der Waals surface area contributed by atoms with Gasteiger partial charge in [0.2, 0.25) is 5.91 Å². The highest BCUT2D eigenvalue weighted by Crippen LogP contribution is 2.22. The van der Waals surface area contributed by atoms with Gasteiger partial charge in [-0.1, -0.05) is 18.2 Å². The van der Waals surface area contributed by atoms with E-state index in [2.05, 4.69) is 10.3 Å². The van der Waals surface area contributed by atoms with Gasteiger partial charge in [-0.2, -0.15) is 0 Å². The maximum absolute atomic E-state index is 12.7. The summed E-state index contributed by atoms with van der Waals surface area (Å²) in [5.41, 5.74) is 1.14. The van der Waals surface area contributed by atoms with E-state index >= 15 is 0 Å². The van der Waals surface area contributed by atoms with Gasteiger partial charge in [0.1, 0.15) is 5.60 Å². The van der Waals surface area contributed by atoms with Crippen molar-refractivity contribution >= 4 is 28.9 Å². The summed E-state index contributed by atoms with van der Waals surface area (Å²) in [7, 11) is 0. The number of amides is 2. The molecule has 0 spiro atoms. The number of piperidine rings is 1. The van der Waals surface area contributed by atoms with Crippen LogP contribution in [0, 0.1) is 5.92 Å². The molecule has 8 nitrogen and oxygen atoms in total. The Kier molecular flexibility index (Phi) is 6.34. The molecule has 30 heavy (non-hydrogen) atoms. The Hall–Kier alpha value is -3.03. The Balaban J connectivity index is 1.57. The maximum atomic E-state index is 12.7. The molecule has 1 saturated heterocycles. The van der Waals surface area contributed by atoms with Gasteiger partial charge in [0, 0.05) is 42.5 Å². The summed E-state index contributed by atoms with van der Waals surface area (Å²) in [6.07, 6.45) is 2.41. The number of ether oxygens (including phenoxy) is 1. The van der Waals surface area contributed by atoms with Gasteiger partial charge in [-0.05, 0) is 45.2 Å². The number of H-pyrrole nitrogens is 1. The Morgan fingerprint density at radius 3 is 2.53 bits per heavy atom. The standard InChI is InChI=1S/C22H29N3O5/c1-22(2,3)30-21(29)25-10-8-14(9-11-25)19(26)24-18(20(27)28)12-15-13-23-17-7-5-4-6-16(15)17/h4-7,13-14,18,23H,8-12H2,1-3H3,(H,24,26)(H,27,28)/p-1/t18-/m0/s1. The number of aromatic nitrogens is 1. The van der Waals surface area contributed by atoms with Crippen molar-refractivity contribution in [2.24, 2.45) is 5.92 Å². The first-order valence-electron chi connectivity index (χ1n) is 10.2. The number of nitrogens with one attached hydrogen (secondary N) is 2. The number of rotatable bonds is 5. The molecular weight excluding hydrogens is 386 g/mol. The first-order chi connectivity index (χ1) is 14.1. The number of nitrogens with zero attached hydrogens (tertiary/aromatic N) is 1. The normalized spacial score (nSPS) is 16.3. The molecule has 1 aliphatic heterocycles. The fourth-order valence-corrected chi connectivity index (χ4v) is 3.65. The molecule has 2 heterocycles. The number of carboxylic acid groups (broad SMARTS) is 1. The van der Waals surface area contributed by atoms with Crippen molar-refractivity contribution in [3.8, 4) is 0 Å². The van der Waals surface area contributed by atoms with Gasteiger partial charge in [0.05, 0.1) is 12.0 Å². The monoisotopic (exact) mass is 414 g/mol. The molecule has 1 aromatic heterocycles. The van der Waals surface area contributed by atoms with Crippen LogP contribution in [0.3, 0.4) is 0 Å². The summed E-state index contributed by atoms with van der Waals surface area (Å²) in [5, 5.41) is 15.2. The van der Waals surface area contributed by atoms with Crippen molar-refractivity contribution in [3.63, 3.8) is 0 Å². The van der Waals surface area contributed by atoms with Gasteiger partial charge in [-0.25, -0.2) is 4.79 Å². The number of aliphatic carboxylic acids is 1. The van der Waals surface area contributed by atoms with Crippen LogP contribution < -0.4 is 10.4 Å². The molecule has 0 radical (unpaired) electrons. The minimum absolute atomic E-state index is 0.134. The van der Waals surface area contributed by atoms with Crippen LogP contribution in [0.4, 0.5) is 4.79 Å². The zero-order valence-electron chi connectivity index (χ0n) is 17.6. The number of carboxylic acids is 1. The second kappa shape index (κ2) is 8.77. The molecule has 0 aliphatic carbocycles. The highest BCUT2D eigenvalue weighted by molar-refractivity contribution is 5.87. The second-order valence-corrected chi connectivity index (χ2v) is 8.69. The minimum Gasteiger partial charge on any atom is -0.548 e. The number of hydrogen-bond acceptors (Lipinski definition) is 5. The lowest BCUT2D eigenvalue weighted by molar-refractivity contribution is -0.308. The van der Waals surface area contributed by atoms with E-state index in [0.717, 1.165) is 16.5 Å². The molecule has 8 heteroatoms. The van der Waals surface area contributed by atoms with Crippen molar-refractivity contribution in [2.75, 3.05) is 13.1 Å². The van der Waals surface area contributed by atoms with Gasteiger partial charge in [0.25, 0.3) is 0 Å². The molecular formula is C22H28N3O5-. The van der Waals surface area contributed by atoms with Gasteiger partial charge < -0.3 is 29.8 Å². The minimum atomic E-state index is -1.32. The number of carbonyl (C=O) groups is 3. The Labute approximate surface area is 175 Å². The van der Waals surface area contributed by atoms with Gasteiger partial charge >= 0.3 is 6.09 Å². The van der Waals surface area contributed by atoms with E-state index < -0.39 is 23.7 Å². The zero-order chi connectivity index (χ0) is 21.9. The molecule has 162 valence electrons. The third-order valence-corrected chi connectivity index (χ3v) is 5.22. The van der Waals surface area contributed by atoms with E-state index in [4.69, 9.17) is 4.74 Å². The average Bonchev–Trinajstić information content (AvgIpc) is 3.09. The van der Waals surface area contributed by atoms with Gasteiger partial charge in [0.15, 0.2) is 0 Å². The third-order valence-electron chi connectivity index (χ3n) is 5.22. The number of aromatic amines is 1. The quantitative estimate of drug-likeness (QED) is 0.771. The molecule has 0 bridgehead atoms. The number of hydrogen-bond donors (Lipinski definition) is 2. The van der Waals surface area contributed by atoms with Crippen molar-refractivity contribution in [1.29, 1.82) is 0 Å². The van der Waals surface area contributed by atoms with Gasteiger partial charge in [-0.3, -0.25) is 4.79 Å². The van der Waals surface area contributed by atoms with Crippen LogP contribution in [0.25, 0.3) is 10.9 Å². The first kappa shape index (κ1) is 21.7. The van der Waals surface area contributed by atoms with Crippen molar-refractivity contribution in [3.05, 3.63) is 36.0 Å². The molecule has 0 unspecified atom stereocenters. The van der Waals surface area contributed by atoms with Crippen LogP contribution in [0.15, 0.2) is 30.5 Å². The fourth-order valence-electron chi connectivity index (χ4n) is 3.65. The van der Waals surface area contributed by atoms with E-state index in [9.17, 15) is 19.5 Å². The van der Waals surface area contributed by atoms with E-state index in [1.165, 1.54) is 0 Å². The highest BCUT2D eigenvalue weighted by Gasteiger charge is 2.31. The molecule has 0 saturated carbocycles. The number of benzene rings is 1. The largest absolute Gasteiger partial charge is 0.548 e. The molecule has 1 aliphatic rings. The van der Waals surface area contributed by atoms with E-state index in [-0.39, 0.29) is 18.2 Å². The molecule has 2 N–H and O–H groups in total. The second-order valence-electron chi connectivity index (χ2n) is 8.69. The van der Waals surface area contributed by atoms with Crippen LogP contribution in [0.2, 0.25) is 0 Å². The summed E-state index contributed by atoms with van der Waals surface area (Å²) >= 11 is 0. The van der Waals surface area contributed by atoms with E-state index in [1.807, 2.05) is 24.3 Å². The number of likely N-dealkylation sites (tertiary alicyclic amines) is 1. The summed E-state index contributed by atoms with van der Waals surface area (Å²) in [5.74, 6) is -2.00. The molecule has 1 fully saturated rings. The number of carbonyl (C=O) groups excluding carboxylic acids is 3. The smallest absolute Gasteiger partial charge is 0.410 e. The Morgan fingerprint density at radius 1 is 1.23 bits per heavy atom. The van der Waals surface area contributed by atoms with Crippen LogP contribution in [0.5, 0.6) is 0 Å². The SMILES string of the molecule is CC(C)(C)OC(=O)N1CCC(C(=O)N[C@@H](Cc2c[nH]c3ccccc23)C(=O)[O-])CC1. The number of para-hydroxylation sites is 1. The van der Waals surface area contributed by atoms with Crippen LogP contribution >= 0.6 is 0 Å². The molecule has 2 amide bonds. The summed E-state index contributed by atoms with van der Waals surface area (Å²) in [6.45, 7) is 6.20. The Morgan fingerprint density at radius 2 is 1.90 bits per heavy atom. The van der Waals surface area contributed by atoms with E-state index in [1.54, 1.807) is 31.9 Å². The average molecular weight is 414 g/mol. The lowest BCUT2D eigenvalue weighted by atomic mass is 9.95. The van der Waals surface area contributed by atoms with E-state index in [0.29, 0.717) is 25.9 Å². The summed E-state index contributed by atoms with van der Waals surface area (Å²) < 4.78 is 5.36. The predicted molar refractivity (Wildman–Crippen MR) is 109 cm³/mol. The fraction of sp³-hybridized carbons (Fsp3) is 0.500. The van der Waals surface area contributed by atoms with Crippen molar-refractivity contribution in [2.45, 2.75) is 51.7 Å². The summed E-state index contributed by atoms with van der Waals surface area (Å²) in [4.78, 5) is 41.2. The molecule has 2 aromatic rings. The number of fused-ring (bicyclic) bond motifs is 1. The first-order valence-corrected chi connectivity index (χ1v) is 10.2. The lowest BCUT2D eigenvalue weighted by Crippen LogP contribution is -2.52. The topological polar surface area (TPSA) is 115 Å². The molecule has 3 rings (SSSR count).